The second kappa shape index (κ2) is 7.44. The zero-order valence-electron chi connectivity index (χ0n) is 15.0. The van der Waals surface area contributed by atoms with E-state index >= 15 is 0 Å². The molecule has 0 aliphatic carbocycles. The molecule has 0 amide bonds. The molecule has 0 unspecified atom stereocenters. The van der Waals surface area contributed by atoms with Crippen LogP contribution in [0.3, 0.4) is 0 Å². The lowest BCUT2D eigenvalue weighted by Gasteiger charge is -2.12. The SMILES string of the molecule is COc1ccc(-c2nn(CCn3ccnc3)c(=O)c3ccc(Cl)cc23)cc1F. The summed E-state index contributed by atoms with van der Waals surface area (Å²) in [6, 6.07) is 9.57. The third-order valence-corrected chi connectivity index (χ3v) is 4.71. The Bertz CT molecular complexity index is 1210. The first-order chi connectivity index (χ1) is 13.6. The van der Waals surface area contributed by atoms with E-state index in [-0.39, 0.29) is 11.3 Å². The van der Waals surface area contributed by atoms with Crippen LogP contribution in [0.1, 0.15) is 0 Å². The molecule has 0 atom stereocenters. The topological polar surface area (TPSA) is 61.9 Å². The number of benzene rings is 2. The Morgan fingerprint density at radius 1 is 1.14 bits per heavy atom. The quantitative estimate of drug-likeness (QED) is 0.513. The van der Waals surface area contributed by atoms with Crippen molar-refractivity contribution < 1.29 is 9.13 Å². The number of aromatic nitrogens is 4. The molecular formula is C20H16ClFN4O2. The van der Waals surface area contributed by atoms with E-state index in [1.165, 1.54) is 23.9 Å². The van der Waals surface area contributed by atoms with Crippen LogP contribution in [0.2, 0.25) is 5.02 Å². The van der Waals surface area contributed by atoms with E-state index in [2.05, 4.69) is 10.1 Å². The van der Waals surface area contributed by atoms with E-state index in [4.69, 9.17) is 16.3 Å². The minimum Gasteiger partial charge on any atom is -0.494 e. The van der Waals surface area contributed by atoms with Crippen LogP contribution in [-0.2, 0) is 13.1 Å². The van der Waals surface area contributed by atoms with Gasteiger partial charge in [0.15, 0.2) is 11.6 Å². The Kier molecular flexibility index (Phi) is 4.83. The second-order valence-electron chi connectivity index (χ2n) is 6.22. The predicted molar refractivity (Wildman–Crippen MR) is 105 cm³/mol. The number of hydrogen-bond donors (Lipinski definition) is 0. The molecule has 4 aromatic rings. The van der Waals surface area contributed by atoms with E-state index in [1.807, 2.05) is 10.8 Å². The van der Waals surface area contributed by atoms with Crippen molar-refractivity contribution in [1.82, 2.24) is 19.3 Å². The van der Waals surface area contributed by atoms with E-state index in [0.717, 1.165) is 0 Å². The number of aryl methyl sites for hydroxylation is 2. The lowest BCUT2D eigenvalue weighted by Crippen LogP contribution is -2.25. The molecule has 8 heteroatoms. The molecule has 0 saturated carbocycles. The van der Waals surface area contributed by atoms with Crippen LogP contribution >= 0.6 is 11.6 Å². The van der Waals surface area contributed by atoms with Crippen LogP contribution in [-0.4, -0.2) is 26.4 Å². The first-order valence-electron chi connectivity index (χ1n) is 8.57. The van der Waals surface area contributed by atoms with Gasteiger partial charge in [-0.2, -0.15) is 5.10 Å². The van der Waals surface area contributed by atoms with E-state index in [1.54, 1.807) is 36.8 Å². The fourth-order valence-corrected chi connectivity index (χ4v) is 3.24. The first-order valence-corrected chi connectivity index (χ1v) is 8.94. The Labute approximate surface area is 164 Å². The highest BCUT2D eigenvalue weighted by atomic mass is 35.5. The molecule has 0 spiro atoms. The Morgan fingerprint density at radius 2 is 2.00 bits per heavy atom. The molecule has 0 saturated heterocycles. The van der Waals surface area contributed by atoms with Crippen molar-refractivity contribution in [2.75, 3.05) is 7.11 Å². The normalized spacial score (nSPS) is 11.1. The van der Waals surface area contributed by atoms with Gasteiger partial charge in [-0.15, -0.1) is 0 Å². The number of ether oxygens (including phenoxy) is 1. The number of halogens is 2. The third kappa shape index (κ3) is 3.36. The summed E-state index contributed by atoms with van der Waals surface area (Å²) < 4.78 is 22.5. The summed E-state index contributed by atoms with van der Waals surface area (Å²) in [5.74, 6) is -0.368. The van der Waals surface area contributed by atoms with Gasteiger partial charge < -0.3 is 9.30 Å². The molecule has 0 bridgehead atoms. The first kappa shape index (κ1) is 18.2. The lowest BCUT2D eigenvalue weighted by molar-refractivity contribution is 0.386. The van der Waals surface area contributed by atoms with Crippen LogP contribution in [0, 0.1) is 5.82 Å². The van der Waals surface area contributed by atoms with Gasteiger partial charge >= 0.3 is 0 Å². The molecule has 0 aliphatic heterocycles. The summed E-state index contributed by atoms with van der Waals surface area (Å²) in [6.07, 6.45) is 5.15. The van der Waals surface area contributed by atoms with Crippen molar-refractivity contribution in [3.05, 3.63) is 76.3 Å². The average Bonchev–Trinajstić information content (AvgIpc) is 3.21. The summed E-state index contributed by atoms with van der Waals surface area (Å²) in [5.41, 5.74) is 0.774. The van der Waals surface area contributed by atoms with Gasteiger partial charge in [0.2, 0.25) is 0 Å². The van der Waals surface area contributed by atoms with Crippen LogP contribution in [0.15, 0.2) is 59.9 Å². The minimum absolute atomic E-state index is 0.138. The molecule has 142 valence electrons. The summed E-state index contributed by atoms with van der Waals surface area (Å²) in [7, 11) is 1.40. The monoisotopic (exact) mass is 398 g/mol. The molecule has 2 aromatic carbocycles. The number of nitrogens with zero attached hydrogens (tertiary/aromatic N) is 4. The maximum Gasteiger partial charge on any atom is 0.274 e. The van der Waals surface area contributed by atoms with Gasteiger partial charge in [-0.1, -0.05) is 11.6 Å². The summed E-state index contributed by atoms with van der Waals surface area (Å²) in [4.78, 5) is 16.9. The van der Waals surface area contributed by atoms with E-state index in [9.17, 15) is 9.18 Å². The molecule has 2 heterocycles. The van der Waals surface area contributed by atoms with Gasteiger partial charge in [-0.05, 0) is 36.4 Å². The van der Waals surface area contributed by atoms with Crippen molar-refractivity contribution in [2.24, 2.45) is 0 Å². The minimum atomic E-state index is -0.506. The van der Waals surface area contributed by atoms with Gasteiger partial charge in [0.05, 0.1) is 31.1 Å². The number of hydrogen-bond acceptors (Lipinski definition) is 4. The van der Waals surface area contributed by atoms with E-state index in [0.29, 0.717) is 40.1 Å². The van der Waals surface area contributed by atoms with Gasteiger partial charge in [0, 0.05) is 34.9 Å². The van der Waals surface area contributed by atoms with Crippen molar-refractivity contribution in [1.29, 1.82) is 0 Å². The van der Waals surface area contributed by atoms with Gasteiger partial charge in [-0.25, -0.2) is 14.1 Å². The highest BCUT2D eigenvalue weighted by molar-refractivity contribution is 6.31. The number of imidazole rings is 1. The van der Waals surface area contributed by atoms with Gasteiger partial charge in [0.25, 0.3) is 5.56 Å². The smallest absolute Gasteiger partial charge is 0.274 e. The number of fused-ring (bicyclic) bond motifs is 1. The summed E-state index contributed by atoms with van der Waals surface area (Å²) in [6.45, 7) is 0.877. The van der Waals surface area contributed by atoms with Gasteiger partial charge in [0.1, 0.15) is 0 Å². The zero-order chi connectivity index (χ0) is 19.7. The van der Waals surface area contributed by atoms with Crippen LogP contribution < -0.4 is 10.3 Å². The molecule has 0 radical (unpaired) electrons. The maximum absolute atomic E-state index is 14.3. The molecule has 0 fully saturated rings. The van der Waals surface area contributed by atoms with Crippen molar-refractivity contribution in [3.8, 4) is 17.0 Å². The fraction of sp³-hybridized carbons (Fsp3) is 0.150. The van der Waals surface area contributed by atoms with Crippen molar-refractivity contribution in [3.63, 3.8) is 0 Å². The van der Waals surface area contributed by atoms with Crippen LogP contribution in [0.25, 0.3) is 22.0 Å². The Morgan fingerprint density at radius 3 is 2.71 bits per heavy atom. The highest BCUT2D eigenvalue weighted by Crippen LogP contribution is 2.30. The lowest BCUT2D eigenvalue weighted by atomic mass is 10.0. The van der Waals surface area contributed by atoms with Gasteiger partial charge in [-0.3, -0.25) is 4.79 Å². The standard InChI is InChI=1S/C20H16ClFN4O2/c1-28-18-5-2-13(10-17(18)22)19-16-11-14(21)3-4-15(16)20(27)26(24-19)9-8-25-7-6-23-12-25/h2-7,10-12H,8-9H2,1H3. The fourth-order valence-electron chi connectivity index (χ4n) is 3.07. The number of methoxy groups -OCH3 is 1. The molecule has 6 nitrogen and oxygen atoms in total. The predicted octanol–water partition coefficient (Wildman–Crippen LogP) is 3.76. The highest BCUT2D eigenvalue weighted by Gasteiger charge is 2.15. The summed E-state index contributed by atoms with van der Waals surface area (Å²) in [5, 5.41) is 6.02. The number of rotatable bonds is 5. The van der Waals surface area contributed by atoms with Crippen molar-refractivity contribution in [2.45, 2.75) is 13.1 Å². The molecule has 0 aliphatic rings. The van der Waals surface area contributed by atoms with Crippen molar-refractivity contribution >= 4 is 22.4 Å². The largest absolute Gasteiger partial charge is 0.494 e. The zero-order valence-corrected chi connectivity index (χ0v) is 15.7. The maximum atomic E-state index is 14.3. The third-order valence-electron chi connectivity index (χ3n) is 4.48. The van der Waals surface area contributed by atoms with E-state index < -0.39 is 5.82 Å². The second-order valence-corrected chi connectivity index (χ2v) is 6.65. The molecule has 0 N–H and O–H groups in total. The Balaban J connectivity index is 1.88. The Hall–Kier alpha value is -3.19. The molecule has 4 rings (SSSR count). The van der Waals surface area contributed by atoms with Crippen LogP contribution in [0.5, 0.6) is 5.75 Å². The molecular weight excluding hydrogens is 383 g/mol. The molecule has 28 heavy (non-hydrogen) atoms. The average molecular weight is 399 g/mol. The molecule has 2 aromatic heterocycles. The van der Waals surface area contributed by atoms with Crippen LogP contribution in [0.4, 0.5) is 4.39 Å². The summed E-state index contributed by atoms with van der Waals surface area (Å²) >= 11 is 6.14.